The number of rotatable bonds is 10. The fourth-order valence-corrected chi connectivity index (χ4v) is 3.06. The lowest BCUT2D eigenvalue weighted by molar-refractivity contribution is -0.154. The van der Waals surface area contributed by atoms with Crippen molar-refractivity contribution in [2.75, 3.05) is 46.6 Å². The molecule has 0 radical (unpaired) electrons. The minimum Gasteiger partial charge on any atom is -0.468 e. The van der Waals surface area contributed by atoms with Crippen LogP contribution in [0.25, 0.3) is 0 Å². The van der Waals surface area contributed by atoms with Gasteiger partial charge in [-0.1, -0.05) is 0 Å². The molecule has 0 saturated carbocycles. The van der Waals surface area contributed by atoms with Crippen molar-refractivity contribution in [2.24, 2.45) is 4.99 Å². The van der Waals surface area contributed by atoms with Crippen LogP contribution in [0.1, 0.15) is 31.7 Å². The number of pyridine rings is 1. The molecule has 0 aromatic carbocycles. The van der Waals surface area contributed by atoms with E-state index in [4.69, 9.17) is 14.2 Å². The summed E-state index contributed by atoms with van der Waals surface area (Å²) in [5.41, 5.74) is 0.730. The van der Waals surface area contributed by atoms with Crippen LogP contribution < -0.4 is 10.1 Å². The number of nitrogens with one attached hydrogen (secondary N) is 1. The first-order chi connectivity index (χ1) is 14.4. The van der Waals surface area contributed by atoms with E-state index in [9.17, 15) is 13.2 Å². The summed E-state index contributed by atoms with van der Waals surface area (Å²) >= 11 is 0. The lowest BCUT2D eigenvalue weighted by atomic mass is 10.1. The minimum absolute atomic E-state index is 0. The van der Waals surface area contributed by atoms with Crippen molar-refractivity contribution in [2.45, 2.75) is 45.0 Å². The molecule has 0 atom stereocenters. The Hall–Kier alpha value is -1.34. The number of aromatic nitrogens is 1. The van der Waals surface area contributed by atoms with E-state index in [2.05, 4.69) is 20.2 Å². The third kappa shape index (κ3) is 11.2. The number of piperidine rings is 1. The molecule has 7 nitrogen and oxygen atoms in total. The van der Waals surface area contributed by atoms with Crippen LogP contribution in [0.3, 0.4) is 0 Å². The lowest BCUT2D eigenvalue weighted by Gasteiger charge is -2.34. The van der Waals surface area contributed by atoms with Gasteiger partial charge in [0.25, 0.3) is 0 Å². The van der Waals surface area contributed by atoms with Gasteiger partial charge in [-0.25, -0.2) is 9.98 Å². The van der Waals surface area contributed by atoms with Gasteiger partial charge in [-0.05, 0) is 37.8 Å². The average Bonchev–Trinajstić information content (AvgIpc) is 2.73. The van der Waals surface area contributed by atoms with E-state index in [0.29, 0.717) is 19.8 Å². The molecule has 178 valence electrons. The van der Waals surface area contributed by atoms with E-state index >= 15 is 0 Å². The van der Waals surface area contributed by atoms with Gasteiger partial charge in [-0.3, -0.25) is 0 Å². The van der Waals surface area contributed by atoms with Crippen LogP contribution in [0.5, 0.6) is 5.88 Å². The number of guanidine groups is 1. The number of hydrogen-bond acceptors (Lipinski definition) is 5. The topological polar surface area (TPSA) is 68.2 Å². The first kappa shape index (κ1) is 27.7. The number of likely N-dealkylation sites (tertiary alicyclic amines) is 1. The van der Waals surface area contributed by atoms with Gasteiger partial charge in [0.1, 0.15) is 0 Å². The van der Waals surface area contributed by atoms with E-state index in [1.165, 1.54) is 12.3 Å². The number of nitrogens with zero attached hydrogens (tertiary/aromatic N) is 3. The summed E-state index contributed by atoms with van der Waals surface area (Å²) in [4.78, 5) is 10.6. The van der Waals surface area contributed by atoms with E-state index in [0.717, 1.165) is 50.4 Å². The zero-order valence-corrected chi connectivity index (χ0v) is 20.3. The first-order valence-electron chi connectivity index (χ1n) is 10.2. The Morgan fingerprint density at radius 2 is 2.03 bits per heavy atom. The van der Waals surface area contributed by atoms with Crippen molar-refractivity contribution in [1.29, 1.82) is 0 Å². The molecule has 0 aliphatic carbocycles. The average molecular weight is 560 g/mol. The van der Waals surface area contributed by atoms with Crippen LogP contribution >= 0.6 is 24.0 Å². The number of alkyl halides is 3. The number of methoxy groups -OCH3 is 1. The molecule has 31 heavy (non-hydrogen) atoms. The van der Waals surface area contributed by atoms with Crippen LogP contribution in [0.15, 0.2) is 23.3 Å². The summed E-state index contributed by atoms with van der Waals surface area (Å²) in [7, 11) is 1.68. The summed E-state index contributed by atoms with van der Waals surface area (Å²) < 4.78 is 52.6. The van der Waals surface area contributed by atoms with Crippen LogP contribution in [0.2, 0.25) is 0 Å². The molecule has 1 fully saturated rings. The Balaban J connectivity index is 0.00000480. The zero-order chi connectivity index (χ0) is 21.8. The summed E-state index contributed by atoms with van der Waals surface area (Å²) in [6, 6.07) is 3.20. The Bertz CT molecular complexity index is 657. The van der Waals surface area contributed by atoms with E-state index < -0.39 is 12.8 Å². The summed E-state index contributed by atoms with van der Waals surface area (Å²) in [6.07, 6.45) is 0.00400. The zero-order valence-electron chi connectivity index (χ0n) is 18.0. The predicted molar refractivity (Wildman–Crippen MR) is 123 cm³/mol. The SMILES string of the molecule is CCNC(=NCc1ccnc(OCC(F)(F)F)c1)N1CCC(OCCCOC)CC1.I. The van der Waals surface area contributed by atoms with E-state index in [1.54, 1.807) is 13.2 Å². The van der Waals surface area contributed by atoms with Gasteiger partial charge in [0.05, 0.1) is 12.6 Å². The highest BCUT2D eigenvalue weighted by molar-refractivity contribution is 14.0. The van der Waals surface area contributed by atoms with Gasteiger partial charge in [-0.2, -0.15) is 13.2 Å². The highest BCUT2D eigenvalue weighted by atomic mass is 127. The summed E-state index contributed by atoms with van der Waals surface area (Å²) in [6.45, 7) is 4.74. The third-order valence-corrected chi connectivity index (χ3v) is 4.52. The first-order valence-corrected chi connectivity index (χ1v) is 10.2. The maximum atomic E-state index is 12.3. The molecule has 1 aliphatic heterocycles. The van der Waals surface area contributed by atoms with Gasteiger partial charge >= 0.3 is 6.18 Å². The second-order valence-corrected chi connectivity index (χ2v) is 6.98. The molecule has 11 heteroatoms. The van der Waals surface area contributed by atoms with Crippen LogP contribution in [0.4, 0.5) is 13.2 Å². The Morgan fingerprint density at radius 3 is 2.68 bits per heavy atom. The van der Waals surface area contributed by atoms with E-state index in [-0.39, 0.29) is 36.0 Å². The van der Waals surface area contributed by atoms with Crippen molar-refractivity contribution < 1.29 is 27.4 Å². The number of aliphatic imine (C=N–C) groups is 1. The molecule has 1 aliphatic rings. The molecule has 2 rings (SSSR count). The van der Waals surface area contributed by atoms with Crippen molar-refractivity contribution in [3.8, 4) is 5.88 Å². The maximum Gasteiger partial charge on any atom is 0.422 e. The van der Waals surface area contributed by atoms with Gasteiger partial charge < -0.3 is 24.4 Å². The molecule has 1 aromatic heterocycles. The highest BCUT2D eigenvalue weighted by Gasteiger charge is 2.28. The van der Waals surface area contributed by atoms with Gasteiger partial charge in [0.2, 0.25) is 5.88 Å². The van der Waals surface area contributed by atoms with Crippen LogP contribution in [-0.4, -0.2) is 74.7 Å². The highest BCUT2D eigenvalue weighted by Crippen LogP contribution is 2.18. The van der Waals surface area contributed by atoms with Crippen molar-refractivity contribution >= 4 is 29.9 Å². The molecule has 1 aromatic rings. The van der Waals surface area contributed by atoms with Crippen LogP contribution in [-0.2, 0) is 16.0 Å². The molecule has 1 N–H and O–H groups in total. The predicted octanol–water partition coefficient (Wildman–Crippen LogP) is 3.62. The molecule has 0 spiro atoms. The normalized spacial score (nSPS) is 15.5. The van der Waals surface area contributed by atoms with Crippen molar-refractivity contribution in [1.82, 2.24) is 15.2 Å². The monoisotopic (exact) mass is 560 g/mol. The smallest absolute Gasteiger partial charge is 0.422 e. The minimum atomic E-state index is -4.40. The van der Waals surface area contributed by atoms with Crippen molar-refractivity contribution in [3.05, 3.63) is 23.9 Å². The number of halogens is 4. The molecule has 0 bridgehead atoms. The second kappa shape index (κ2) is 14.7. The summed E-state index contributed by atoms with van der Waals surface area (Å²) in [5.74, 6) is 0.723. The summed E-state index contributed by atoms with van der Waals surface area (Å²) in [5, 5.41) is 3.28. The second-order valence-electron chi connectivity index (χ2n) is 6.98. The maximum absolute atomic E-state index is 12.3. The Kier molecular flexibility index (Phi) is 13.1. The standard InChI is InChI=1S/C20H31F3N4O3.HI/c1-3-24-19(27-9-6-17(7-10-27)29-12-4-11-28-2)26-14-16-5-8-25-18(13-16)30-15-20(21,22)23;/h5,8,13,17H,3-4,6-7,9-12,14-15H2,1-2H3,(H,24,26);1H. The molecule has 2 heterocycles. The number of ether oxygens (including phenoxy) is 3. The molecular weight excluding hydrogens is 528 g/mol. The van der Waals surface area contributed by atoms with Gasteiger partial charge in [0, 0.05) is 52.2 Å². The van der Waals surface area contributed by atoms with E-state index in [1.807, 2.05) is 6.92 Å². The molecule has 1 saturated heterocycles. The quantitative estimate of drug-likeness (QED) is 0.204. The molecule has 0 unspecified atom stereocenters. The fourth-order valence-electron chi connectivity index (χ4n) is 3.06. The Morgan fingerprint density at radius 1 is 1.29 bits per heavy atom. The number of hydrogen-bond donors (Lipinski definition) is 1. The molecule has 0 amide bonds. The lowest BCUT2D eigenvalue weighted by Crippen LogP contribution is -2.47. The largest absolute Gasteiger partial charge is 0.468 e. The Labute approximate surface area is 198 Å². The van der Waals surface area contributed by atoms with Gasteiger partial charge in [-0.15, -0.1) is 24.0 Å². The fraction of sp³-hybridized carbons (Fsp3) is 0.700. The third-order valence-electron chi connectivity index (χ3n) is 4.52. The van der Waals surface area contributed by atoms with Gasteiger partial charge in [0.15, 0.2) is 12.6 Å². The molecular formula is C20H32F3IN4O3. The van der Waals surface area contributed by atoms with Crippen LogP contribution in [0, 0.1) is 0 Å². The van der Waals surface area contributed by atoms with Crippen molar-refractivity contribution in [3.63, 3.8) is 0 Å².